The van der Waals surface area contributed by atoms with Crippen LogP contribution in [-0.2, 0) is 0 Å². The minimum atomic E-state index is -2.94. The molecule has 7 nitrogen and oxygen atoms in total. The number of aromatic nitrogens is 2. The van der Waals surface area contributed by atoms with E-state index in [1.807, 2.05) is 31.2 Å². The number of primary amides is 1. The summed E-state index contributed by atoms with van der Waals surface area (Å²) in [5.41, 5.74) is 12.9. The first-order chi connectivity index (χ1) is 12.8. The molecule has 1 aliphatic carbocycles. The molecule has 0 radical (unpaired) electrons. The van der Waals surface area contributed by atoms with Crippen molar-refractivity contribution in [3.05, 3.63) is 41.6 Å². The van der Waals surface area contributed by atoms with Crippen LogP contribution in [0.3, 0.4) is 0 Å². The Hall–Kier alpha value is -2.81. The number of nitrogens with two attached hydrogens (primary N) is 2. The number of benzene rings is 1. The van der Waals surface area contributed by atoms with Crippen molar-refractivity contribution in [3.63, 3.8) is 0 Å². The van der Waals surface area contributed by atoms with Gasteiger partial charge in [-0.2, -0.15) is 4.98 Å². The molecule has 3 rings (SSSR count). The summed E-state index contributed by atoms with van der Waals surface area (Å²) in [6, 6.07) is 5.46. The van der Waals surface area contributed by atoms with E-state index in [4.69, 9.17) is 11.5 Å². The molecule has 27 heavy (non-hydrogen) atoms. The van der Waals surface area contributed by atoms with Gasteiger partial charge in [-0.1, -0.05) is 12.1 Å². The van der Waals surface area contributed by atoms with Crippen LogP contribution in [0.25, 0.3) is 0 Å². The highest BCUT2D eigenvalue weighted by molar-refractivity contribution is 5.98. The van der Waals surface area contributed by atoms with E-state index >= 15 is 0 Å². The van der Waals surface area contributed by atoms with Crippen molar-refractivity contribution >= 4 is 23.4 Å². The molecule has 144 valence electrons. The highest BCUT2D eigenvalue weighted by Crippen LogP contribution is 2.33. The molecular formula is C18H22F2N6O. The van der Waals surface area contributed by atoms with Gasteiger partial charge in [0.2, 0.25) is 5.95 Å². The predicted octanol–water partition coefficient (Wildman–Crippen LogP) is 2.55. The van der Waals surface area contributed by atoms with Gasteiger partial charge in [0.1, 0.15) is 11.4 Å². The lowest BCUT2D eigenvalue weighted by atomic mass is 9.87. The van der Waals surface area contributed by atoms with E-state index in [9.17, 15) is 13.6 Å². The third-order valence-electron chi connectivity index (χ3n) is 4.60. The van der Waals surface area contributed by atoms with Crippen LogP contribution in [0.1, 0.15) is 35.2 Å². The molecule has 1 aromatic heterocycles. The zero-order valence-corrected chi connectivity index (χ0v) is 14.9. The minimum Gasteiger partial charge on any atom is -0.365 e. The molecule has 1 fully saturated rings. The summed E-state index contributed by atoms with van der Waals surface area (Å²) in [6.07, 6.45) is 1.88. The van der Waals surface area contributed by atoms with E-state index in [-0.39, 0.29) is 23.8 Å². The zero-order valence-electron chi connectivity index (χ0n) is 14.9. The summed E-state index contributed by atoms with van der Waals surface area (Å²) in [6.45, 7) is 1.93. The zero-order chi connectivity index (χ0) is 19.6. The summed E-state index contributed by atoms with van der Waals surface area (Å²) in [7, 11) is 0. The van der Waals surface area contributed by atoms with Gasteiger partial charge in [-0.25, -0.2) is 13.8 Å². The summed E-state index contributed by atoms with van der Waals surface area (Å²) in [4.78, 5) is 20.0. The summed E-state index contributed by atoms with van der Waals surface area (Å²) >= 11 is 0. The van der Waals surface area contributed by atoms with Crippen molar-refractivity contribution in [1.29, 1.82) is 0 Å². The Morgan fingerprint density at radius 1 is 1.37 bits per heavy atom. The van der Waals surface area contributed by atoms with Gasteiger partial charge in [0.25, 0.3) is 11.8 Å². The maximum Gasteiger partial charge on any atom is 0.264 e. The molecule has 0 unspecified atom stereocenters. The number of rotatable bonds is 5. The molecular weight excluding hydrogens is 354 g/mol. The number of carbonyl (C=O) groups excluding carboxylic acids is 1. The van der Waals surface area contributed by atoms with Crippen LogP contribution in [-0.4, -0.2) is 33.9 Å². The van der Waals surface area contributed by atoms with Crippen LogP contribution in [0.4, 0.5) is 26.2 Å². The van der Waals surface area contributed by atoms with Crippen LogP contribution >= 0.6 is 0 Å². The average Bonchev–Trinajstić information content (AvgIpc) is 2.59. The van der Waals surface area contributed by atoms with Crippen molar-refractivity contribution in [2.45, 2.75) is 44.2 Å². The maximum absolute atomic E-state index is 13.8. The minimum absolute atomic E-state index is 0.0975. The SMILES string of the molecule is Cc1cccc(Nc2nc(N[C@@H]3CCCC(F)(F)[C@@H]3N)ncc2C(N)=O)c1. The van der Waals surface area contributed by atoms with Crippen LogP contribution in [0.5, 0.6) is 0 Å². The smallest absolute Gasteiger partial charge is 0.264 e. The molecule has 2 atom stereocenters. The van der Waals surface area contributed by atoms with Gasteiger partial charge < -0.3 is 22.1 Å². The molecule has 1 heterocycles. The Labute approximate surface area is 155 Å². The number of halogens is 2. The monoisotopic (exact) mass is 376 g/mol. The lowest BCUT2D eigenvalue weighted by Gasteiger charge is -2.35. The molecule has 0 bridgehead atoms. The number of aryl methyl sites for hydroxylation is 1. The number of amides is 1. The number of anilines is 3. The lowest BCUT2D eigenvalue weighted by Crippen LogP contribution is -2.55. The van der Waals surface area contributed by atoms with Crippen LogP contribution < -0.4 is 22.1 Å². The Balaban J connectivity index is 1.86. The molecule has 1 saturated carbocycles. The van der Waals surface area contributed by atoms with E-state index in [1.54, 1.807) is 0 Å². The fourth-order valence-electron chi connectivity index (χ4n) is 3.11. The first-order valence-electron chi connectivity index (χ1n) is 8.67. The second kappa shape index (κ2) is 7.43. The number of nitrogens with one attached hydrogen (secondary N) is 2. The van der Waals surface area contributed by atoms with Crippen LogP contribution in [0.15, 0.2) is 30.5 Å². The second-order valence-electron chi connectivity index (χ2n) is 6.74. The number of nitrogens with zero attached hydrogens (tertiary/aromatic N) is 2. The van der Waals surface area contributed by atoms with Gasteiger partial charge in [0.15, 0.2) is 0 Å². The van der Waals surface area contributed by atoms with Crippen LogP contribution in [0.2, 0.25) is 0 Å². The number of alkyl halides is 2. The van der Waals surface area contributed by atoms with E-state index < -0.39 is 23.9 Å². The standard InChI is InChI=1S/C18H22F2N6O/c1-10-4-2-5-11(8-10)24-16-12(15(22)27)9-23-17(26-16)25-13-6-3-7-18(19,20)14(13)21/h2,4-5,8-9,13-14H,3,6-7,21H2,1H3,(H2,22,27)(H2,23,24,25,26)/t13-,14-/m1/s1. The predicted molar refractivity (Wildman–Crippen MR) is 99.2 cm³/mol. The summed E-state index contributed by atoms with van der Waals surface area (Å²) < 4.78 is 27.7. The molecule has 0 aliphatic heterocycles. The van der Waals surface area contributed by atoms with E-state index in [2.05, 4.69) is 20.6 Å². The van der Waals surface area contributed by atoms with Crippen molar-refractivity contribution in [3.8, 4) is 0 Å². The quantitative estimate of drug-likeness (QED) is 0.637. The van der Waals surface area contributed by atoms with Crippen molar-refractivity contribution < 1.29 is 13.6 Å². The fraction of sp³-hybridized carbons (Fsp3) is 0.389. The first-order valence-corrected chi connectivity index (χ1v) is 8.67. The number of hydrogen-bond acceptors (Lipinski definition) is 6. The number of hydrogen-bond donors (Lipinski definition) is 4. The molecule has 9 heteroatoms. The van der Waals surface area contributed by atoms with Gasteiger partial charge in [0, 0.05) is 18.3 Å². The second-order valence-corrected chi connectivity index (χ2v) is 6.74. The van der Waals surface area contributed by atoms with Crippen molar-refractivity contribution in [2.24, 2.45) is 11.5 Å². The highest BCUT2D eigenvalue weighted by Gasteiger charge is 2.44. The maximum atomic E-state index is 13.8. The van der Waals surface area contributed by atoms with Gasteiger partial charge in [0.05, 0.1) is 12.1 Å². The highest BCUT2D eigenvalue weighted by atomic mass is 19.3. The van der Waals surface area contributed by atoms with Crippen molar-refractivity contribution in [2.75, 3.05) is 10.6 Å². The van der Waals surface area contributed by atoms with Gasteiger partial charge in [-0.3, -0.25) is 4.79 Å². The van der Waals surface area contributed by atoms with Gasteiger partial charge >= 0.3 is 0 Å². The van der Waals surface area contributed by atoms with Gasteiger partial charge in [-0.05, 0) is 37.5 Å². The molecule has 1 aliphatic rings. The normalized spacial score (nSPS) is 21.5. The van der Waals surface area contributed by atoms with E-state index in [0.29, 0.717) is 18.5 Å². The third-order valence-corrected chi connectivity index (χ3v) is 4.60. The Bertz CT molecular complexity index is 844. The fourth-order valence-corrected chi connectivity index (χ4v) is 3.11. The molecule has 0 saturated heterocycles. The number of carbonyl (C=O) groups is 1. The molecule has 2 aromatic rings. The Morgan fingerprint density at radius 2 is 2.15 bits per heavy atom. The topological polar surface area (TPSA) is 119 Å². The lowest BCUT2D eigenvalue weighted by molar-refractivity contribution is -0.0555. The van der Waals surface area contributed by atoms with Crippen LogP contribution in [0, 0.1) is 6.92 Å². The Morgan fingerprint density at radius 3 is 2.85 bits per heavy atom. The summed E-state index contributed by atoms with van der Waals surface area (Å²) in [5, 5.41) is 5.90. The van der Waals surface area contributed by atoms with Gasteiger partial charge in [-0.15, -0.1) is 0 Å². The van der Waals surface area contributed by atoms with Crippen molar-refractivity contribution in [1.82, 2.24) is 9.97 Å². The molecule has 6 N–H and O–H groups in total. The molecule has 0 spiro atoms. The first kappa shape index (κ1) is 19.0. The Kier molecular flexibility index (Phi) is 5.22. The molecule has 1 aromatic carbocycles. The molecule has 1 amide bonds. The average molecular weight is 376 g/mol. The largest absolute Gasteiger partial charge is 0.365 e. The van der Waals surface area contributed by atoms with E-state index in [1.165, 1.54) is 6.20 Å². The third kappa shape index (κ3) is 4.30. The summed E-state index contributed by atoms with van der Waals surface area (Å²) in [5.74, 6) is -3.33. The van der Waals surface area contributed by atoms with E-state index in [0.717, 1.165) is 5.56 Å².